The van der Waals surface area contributed by atoms with E-state index in [1.165, 1.54) is 12.1 Å². The minimum atomic E-state index is -0.357. The maximum absolute atomic E-state index is 13.1. The second-order valence-corrected chi connectivity index (χ2v) is 5.09. The van der Waals surface area contributed by atoms with Crippen molar-refractivity contribution >= 4 is 11.6 Å². The predicted octanol–water partition coefficient (Wildman–Crippen LogP) is 3.65. The van der Waals surface area contributed by atoms with Crippen LogP contribution in [0.4, 0.5) is 4.39 Å². The van der Waals surface area contributed by atoms with Crippen LogP contribution in [0.5, 0.6) is 0 Å². The van der Waals surface area contributed by atoms with Crippen LogP contribution in [0.3, 0.4) is 0 Å². The summed E-state index contributed by atoms with van der Waals surface area (Å²) in [6.07, 6.45) is 0. The summed E-state index contributed by atoms with van der Waals surface area (Å²) in [4.78, 5) is 0. The topological polar surface area (TPSA) is 38.0 Å². The lowest BCUT2D eigenvalue weighted by Gasteiger charge is -2.19. The number of nitrogens with two attached hydrogens (primary N) is 1. The summed E-state index contributed by atoms with van der Waals surface area (Å²) in [5.41, 5.74) is 6.80. The second kappa shape index (κ2) is 5.70. The van der Waals surface area contributed by atoms with Crippen LogP contribution in [0.1, 0.15) is 28.3 Å². The Bertz CT molecular complexity index is 578. The van der Waals surface area contributed by atoms with Crippen molar-refractivity contribution in [2.45, 2.75) is 19.9 Å². The lowest BCUT2D eigenvalue weighted by Crippen LogP contribution is -2.29. The fraction of sp³-hybridized carbons (Fsp3) is 0.200. The van der Waals surface area contributed by atoms with E-state index in [0.29, 0.717) is 5.02 Å². The van der Waals surface area contributed by atoms with Crippen molar-refractivity contribution < 1.29 is 4.39 Å². The van der Waals surface area contributed by atoms with E-state index in [4.69, 9.17) is 17.4 Å². The van der Waals surface area contributed by atoms with Crippen LogP contribution in [-0.4, -0.2) is 0 Å². The number of rotatable bonds is 3. The number of nitrogens with one attached hydrogen (secondary N) is 1. The minimum Gasteiger partial charge on any atom is -0.271 e. The number of aryl methyl sites for hydroxylation is 2. The molecular formula is C15H16ClFN2. The monoisotopic (exact) mass is 278 g/mol. The second-order valence-electron chi connectivity index (χ2n) is 4.69. The molecule has 2 aromatic rings. The van der Waals surface area contributed by atoms with Crippen LogP contribution in [0.25, 0.3) is 0 Å². The Balaban J connectivity index is 2.49. The lowest BCUT2D eigenvalue weighted by atomic mass is 9.96. The summed E-state index contributed by atoms with van der Waals surface area (Å²) in [5, 5.41) is 0.363. The Morgan fingerprint density at radius 2 is 1.74 bits per heavy atom. The van der Waals surface area contributed by atoms with Gasteiger partial charge in [0, 0.05) is 5.02 Å². The number of hydrogen-bond acceptors (Lipinski definition) is 2. The maximum Gasteiger partial charge on any atom is 0.124 e. The van der Waals surface area contributed by atoms with Crippen molar-refractivity contribution in [3.05, 3.63) is 69.5 Å². The quantitative estimate of drug-likeness (QED) is 0.664. The molecule has 0 spiro atoms. The summed E-state index contributed by atoms with van der Waals surface area (Å²) in [7, 11) is 0. The smallest absolute Gasteiger partial charge is 0.124 e. The van der Waals surface area contributed by atoms with Crippen LogP contribution < -0.4 is 11.3 Å². The molecule has 100 valence electrons. The molecule has 0 bridgehead atoms. The first kappa shape index (κ1) is 14.0. The highest BCUT2D eigenvalue weighted by Crippen LogP contribution is 2.29. The molecule has 2 rings (SSSR count). The number of hydrazine groups is 1. The maximum atomic E-state index is 13.1. The molecule has 0 saturated heterocycles. The van der Waals surface area contributed by atoms with Crippen LogP contribution in [0, 0.1) is 19.7 Å². The van der Waals surface area contributed by atoms with Crippen LogP contribution in [0.2, 0.25) is 5.02 Å². The van der Waals surface area contributed by atoms with E-state index in [1.807, 2.05) is 26.0 Å². The first-order valence-corrected chi connectivity index (χ1v) is 6.38. The van der Waals surface area contributed by atoms with Gasteiger partial charge in [-0.3, -0.25) is 5.84 Å². The molecule has 2 aromatic carbocycles. The van der Waals surface area contributed by atoms with E-state index < -0.39 is 0 Å². The molecule has 0 aromatic heterocycles. The third kappa shape index (κ3) is 3.13. The third-order valence-electron chi connectivity index (χ3n) is 3.02. The van der Waals surface area contributed by atoms with Crippen molar-refractivity contribution in [3.63, 3.8) is 0 Å². The molecule has 1 unspecified atom stereocenters. The Kier molecular flexibility index (Phi) is 4.20. The van der Waals surface area contributed by atoms with Gasteiger partial charge in [-0.15, -0.1) is 0 Å². The van der Waals surface area contributed by atoms with Gasteiger partial charge in [-0.25, -0.2) is 9.82 Å². The standard InChI is InChI=1S/C15H16ClFN2/c1-9-5-10(2)7-11(6-9)15(19-18)13-4-3-12(17)8-14(13)16/h3-8,15,19H,18H2,1-2H3. The molecule has 0 saturated carbocycles. The third-order valence-corrected chi connectivity index (χ3v) is 3.34. The van der Waals surface area contributed by atoms with Gasteiger partial charge >= 0.3 is 0 Å². The molecule has 0 radical (unpaired) electrons. The fourth-order valence-corrected chi connectivity index (χ4v) is 2.55. The van der Waals surface area contributed by atoms with Crippen molar-refractivity contribution in [2.75, 3.05) is 0 Å². The molecule has 0 heterocycles. The van der Waals surface area contributed by atoms with Gasteiger partial charge in [0.25, 0.3) is 0 Å². The molecule has 0 aliphatic rings. The molecular weight excluding hydrogens is 263 g/mol. The summed E-state index contributed by atoms with van der Waals surface area (Å²) in [6.45, 7) is 4.05. The van der Waals surface area contributed by atoms with E-state index in [1.54, 1.807) is 6.07 Å². The number of halogens is 2. The summed E-state index contributed by atoms with van der Waals surface area (Å²) in [6, 6.07) is 10.2. The Hall–Kier alpha value is -1.42. The number of hydrogen-bond donors (Lipinski definition) is 2. The molecule has 0 aliphatic carbocycles. The van der Waals surface area contributed by atoms with E-state index >= 15 is 0 Å². The molecule has 2 nitrogen and oxygen atoms in total. The van der Waals surface area contributed by atoms with Gasteiger partial charge in [-0.05, 0) is 37.1 Å². The molecule has 19 heavy (non-hydrogen) atoms. The Morgan fingerprint density at radius 3 is 2.26 bits per heavy atom. The molecule has 0 fully saturated rings. The van der Waals surface area contributed by atoms with Gasteiger partial charge in [0.2, 0.25) is 0 Å². The Morgan fingerprint density at radius 1 is 1.11 bits per heavy atom. The average molecular weight is 279 g/mol. The van der Waals surface area contributed by atoms with Crippen molar-refractivity contribution in [2.24, 2.45) is 5.84 Å². The normalized spacial score (nSPS) is 12.5. The summed E-state index contributed by atoms with van der Waals surface area (Å²) < 4.78 is 13.1. The highest BCUT2D eigenvalue weighted by molar-refractivity contribution is 6.31. The fourth-order valence-electron chi connectivity index (χ4n) is 2.28. The van der Waals surface area contributed by atoms with Gasteiger partial charge < -0.3 is 0 Å². The van der Waals surface area contributed by atoms with E-state index in [-0.39, 0.29) is 11.9 Å². The van der Waals surface area contributed by atoms with Crippen molar-refractivity contribution in [1.29, 1.82) is 0 Å². The van der Waals surface area contributed by atoms with E-state index in [0.717, 1.165) is 22.3 Å². The average Bonchev–Trinajstić information content (AvgIpc) is 2.31. The molecule has 0 aliphatic heterocycles. The molecule has 0 amide bonds. The van der Waals surface area contributed by atoms with Gasteiger partial charge in [-0.1, -0.05) is 47.0 Å². The first-order valence-electron chi connectivity index (χ1n) is 6.00. The van der Waals surface area contributed by atoms with Crippen LogP contribution >= 0.6 is 11.6 Å². The summed E-state index contributed by atoms with van der Waals surface area (Å²) >= 11 is 6.10. The van der Waals surface area contributed by atoms with E-state index in [9.17, 15) is 4.39 Å². The van der Waals surface area contributed by atoms with Gasteiger partial charge in [0.1, 0.15) is 5.82 Å². The minimum absolute atomic E-state index is 0.258. The van der Waals surface area contributed by atoms with Crippen LogP contribution in [0.15, 0.2) is 36.4 Å². The van der Waals surface area contributed by atoms with Crippen molar-refractivity contribution in [3.8, 4) is 0 Å². The van der Waals surface area contributed by atoms with Gasteiger partial charge in [-0.2, -0.15) is 0 Å². The van der Waals surface area contributed by atoms with Crippen molar-refractivity contribution in [1.82, 2.24) is 5.43 Å². The molecule has 3 N–H and O–H groups in total. The zero-order valence-corrected chi connectivity index (χ0v) is 11.6. The van der Waals surface area contributed by atoms with Gasteiger partial charge in [0.15, 0.2) is 0 Å². The first-order chi connectivity index (χ1) is 9.01. The zero-order valence-electron chi connectivity index (χ0n) is 10.9. The SMILES string of the molecule is Cc1cc(C)cc(C(NN)c2ccc(F)cc2Cl)c1. The highest BCUT2D eigenvalue weighted by atomic mass is 35.5. The Labute approximate surface area is 117 Å². The van der Waals surface area contributed by atoms with Gasteiger partial charge in [0.05, 0.1) is 6.04 Å². The predicted molar refractivity (Wildman–Crippen MR) is 76.5 cm³/mol. The zero-order chi connectivity index (χ0) is 14.0. The highest BCUT2D eigenvalue weighted by Gasteiger charge is 2.16. The largest absolute Gasteiger partial charge is 0.271 e. The van der Waals surface area contributed by atoms with E-state index in [2.05, 4.69) is 11.5 Å². The number of benzene rings is 2. The van der Waals surface area contributed by atoms with Crippen LogP contribution in [-0.2, 0) is 0 Å². The molecule has 4 heteroatoms. The lowest BCUT2D eigenvalue weighted by molar-refractivity contribution is 0.615. The molecule has 1 atom stereocenters. The summed E-state index contributed by atoms with van der Waals surface area (Å²) in [5.74, 6) is 5.28.